The molecular formula is C14H15NO3. The van der Waals surface area contributed by atoms with Crippen LogP contribution in [0.3, 0.4) is 0 Å². The van der Waals surface area contributed by atoms with E-state index in [1.165, 1.54) is 0 Å². The minimum Gasteiger partial charge on any atom is -0.486 e. The highest BCUT2D eigenvalue weighted by atomic mass is 16.6. The number of benzene rings is 1. The van der Waals surface area contributed by atoms with E-state index in [9.17, 15) is 0 Å². The molecule has 1 aromatic carbocycles. The van der Waals surface area contributed by atoms with E-state index in [4.69, 9.17) is 13.9 Å². The molecule has 1 aliphatic heterocycles. The summed E-state index contributed by atoms with van der Waals surface area (Å²) in [5.74, 6) is 3.34. The van der Waals surface area contributed by atoms with Crippen LogP contribution in [0.2, 0.25) is 0 Å². The Bertz CT molecular complexity index is 548. The number of fused-ring (bicyclic) bond motifs is 1. The van der Waals surface area contributed by atoms with Gasteiger partial charge in [-0.25, -0.2) is 0 Å². The molecule has 0 atom stereocenters. The molecule has 3 rings (SSSR count). The van der Waals surface area contributed by atoms with Gasteiger partial charge in [0.15, 0.2) is 11.5 Å². The van der Waals surface area contributed by atoms with Crippen LogP contribution in [-0.2, 0) is 6.54 Å². The monoisotopic (exact) mass is 245 g/mol. The molecule has 2 heterocycles. The summed E-state index contributed by atoms with van der Waals surface area (Å²) in [5, 5.41) is 3.06. The molecular weight excluding hydrogens is 230 g/mol. The van der Waals surface area contributed by atoms with Crippen LogP contribution in [0.1, 0.15) is 5.76 Å². The van der Waals surface area contributed by atoms with E-state index in [0.717, 1.165) is 35.1 Å². The first-order chi connectivity index (χ1) is 8.86. The third-order valence-electron chi connectivity index (χ3n) is 2.84. The van der Waals surface area contributed by atoms with Crippen LogP contribution in [0, 0.1) is 0 Å². The quantitative estimate of drug-likeness (QED) is 0.902. The summed E-state index contributed by atoms with van der Waals surface area (Å²) in [6, 6.07) is 9.80. The summed E-state index contributed by atoms with van der Waals surface area (Å²) in [7, 11) is 1.90. The second-order valence-electron chi connectivity index (χ2n) is 4.15. The largest absolute Gasteiger partial charge is 0.486 e. The van der Waals surface area contributed by atoms with Crippen molar-refractivity contribution in [2.45, 2.75) is 6.54 Å². The summed E-state index contributed by atoms with van der Waals surface area (Å²) in [5.41, 5.74) is 1.00. The number of nitrogens with one attached hydrogen (secondary N) is 1. The third-order valence-corrected chi connectivity index (χ3v) is 2.84. The highest BCUT2D eigenvalue weighted by molar-refractivity contribution is 5.63. The highest BCUT2D eigenvalue weighted by Gasteiger charge is 2.13. The van der Waals surface area contributed by atoms with Gasteiger partial charge in [-0.1, -0.05) is 0 Å². The summed E-state index contributed by atoms with van der Waals surface area (Å²) in [6.07, 6.45) is 0. The minimum absolute atomic E-state index is 0.597. The number of rotatable bonds is 3. The Morgan fingerprint density at radius 1 is 1.06 bits per heavy atom. The molecule has 4 heteroatoms. The Hall–Kier alpha value is -1.94. The molecule has 0 unspecified atom stereocenters. The summed E-state index contributed by atoms with van der Waals surface area (Å²) in [4.78, 5) is 0. The molecule has 0 amide bonds. The van der Waals surface area contributed by atoms with Crippen LogP contribution in [0.25, 0.3) is 11.3 Å². The lowest BCUT2D eigenvalue weighted by atomic mass is 10.1. The Morgan fingerprint density at radius 2 is 1.89 bits per heavy atom. The molecule has 0 saturated heterocycles. The standard InChI is InChI=1S/C14H15NO3/c1-15-9-11-3-5-12(18-11)10-2-4-13-14(8-10)17-7-6-16-13/h2-5,8,15H,6-7,9H2,1H3. The van der Waals surface area contributed by atoms with E-state index in [1.807, 2.05) is 37.4 Å². The minimum atomic E-state index is 0.597. The Labute approximate surface area is 106 Å². The van der Waals surface area contributed by atoms with E-state index in [1.54, 1.807) is 0 Å². The maximum Gasteiger partial charge on any atom is 0.162 e. The van der Waals surface area contributed by atoms with Gasteiger partial charge in [-0.3, -0.25) is 0 Å². The van der Waals surface area contributed by atoms with E-state index >= 15 is 0 Å². The van der Waals surface area contributed by atoms with Gasteiger partial charge in [0.1, 0.15) is 24.7 Å². The summed E-state index contributed by atoms with van der Waals surface area (Å²) < 4.78 is 16.8. The molecule has 0 radical (unpaired) electrons. The second-order valence-corrected chi connectivity index (χ2v) is 4.15. The molecule has 94 valence electrons. The van der Waals surface area contributed by atoms with Gasteiger partial charge in [0.05, 0.1) is 6.54 Å². The van der Waals surface area contributed by atoms with Crippen LogP contribution in [0.15, 0.2) is 34.7 Å². The van der Waals surface area contributed by atoms with Gasteiger partial charge in [0.25, 0.3) is 0 Å². The van der Waals surface area contributed by atoms with Crippen molar-refractivity contribution in [2.24, 2.45) is 0 Å². The molecule has 0 saturated carbocycles. The molecule has 1 N–H and O–H groups in total. The fourth-order valence-corrected chi connectivity index (χ4v) is 2.00. The average molecular weight is 245 g/mol. The summed E-state index contributed by atoms with van der Waals surface area (Å²) >= 11 is 0. The van der Waals surface area contributed by atoms with Crippen LogP contribution < -0.4 is 14.8 Å². The fraction of sp³-hybridized carbons (Fsp3) is 0.286. The van der Waals surface area contributed by atoms with Crippen molar-refractivity contribution in [3.8, 4) is 22.8 Å². The first-order valence-electron chi connectivity index (χ1n) is 6.00. The zero-order valence-electron chi connectivity index (χ0n) is 10.2. The lowest BCUT2D eigenvalue weighted by molar-refractivity contribution is 0.171. The lowest BCUT2D eigenvalue weighted by Gasteiger charge is -2.18. The molecule has 4 nitrogen and oxygen atoms in total. The molecule has 0 fully saturated rings. The van der Waals surface area contributed by atoms with Gasteiger partial charge in [-0.15, -0.1) is 0 Å². The maximum atomic E-state index is 5.74. The smallest absolute Gasteiger partial charge is 0.162 e. The predicted octanol–water partition coefficient (Wildman–Crippen LogP) is 2.44. The molecule has 2 aromatic rings. The number of furan rings is 1. The van der Waals surface area contributed by atoms with Crippen LogP contribution >= 0.6 is 0 Å². The molecule has 18 heavy (non-hydrogen) atoms. The fourth-order valence-electron chi connectivity index (χ4n) is 2.00. The Balaban J connectivity index is 1.91. The van der Waals surface area contributed by atoms with Crippen molar-refractivity contribution >= 4 is 0 Å². The zero-order chi connectivity index (χ0) is 12.4. The van der Waals surface area contributed by atoms with Gasteiger partial charge >= 0.3 is 0 Å². The van der Waals surface area contributed by atoms with Crippen LogP contribution in [-0.4, -0.2) is 20.3 Å². The summed E-state index contributed by atoms with van der Waals surface area (Å²) in [6.45, 7) is 1.93. The van der Waals surface area contributed by atoms with Gasteiger partial charge in [0.2, 0.25) is 0 Å². The van der Waals surface area contributed by atoms with Gasteiger partial charge in [-0.2, -0.15) is 0 Å². The molecule has 1 aliphatic rings. The SMILES string of the molecule is CNCc1ccc(-c2ccc3c(c2)OCCO3)o1. The van der Waals surface area contributed by atoms with E-state index in [-0.39, 0.29) is 0 Å². The Kier molecular flexibility index (Phi) is 2.94. The van der Waals surface area contributed by atoms with Gasteiger partial charge in [-0.05, 0) is 37.4 Å². The number of hydrogen-bond donors (Lipinski definition) is 1. The highest BCUT2D eigenvalue weighted by Crippen LogP contribution is 2.34. The number of ether oxygens (including phenoxy) is 2. The van der Waals surface area contributed by atoms with Crippen molar-refractivity contribution < 1.29 is 13.9 Å². The maximum absolute atomic E-state index is 5.74. The molecule has 0 spiro atoms. The first kappa shape index (κ1) is 11.2. The zero-order valence-corrected chi connectivity index (χ0v) is 10.2. The van der Waals surface area contributed by atoms with Crippen molar-refractivity contribution in [2.75, 3.05) is 20.3 Å². The topological polar surface area (TPSA) is 43.6 Å². The predicted molar refractivity (Wildman–Crippen MR) is 67.9 cm³/mol. The van der Waals surface area contributed by atoms with Crippen molar-refractivity contribution in [3.63, 3.8) is 0 Å². The van der Waals surface area contributed by atoms with E-state index in [0.29, 0.717) is 13.2 Å². The third kappa shape index (κ3) is 2.07. The molecule has 1 aromatic heterocycles. The normalized spacial score (nSPS) is 13.6. The van der Waals surface area contributed by atoms with E-state index in [2.05, 4.69) is 5.32 Å². The van der Waals surface area contributed by atoms with Gasteiger partial charge in [0, 0.05) is 5.56 Å². The van der Waals surface area contributed by atoms with Crippen LogP contribution in [0.4, 0.5) is 0 Å². The van der Waals surface area contributed by atoms with Crippen molar-refractivity contribution in [3.05, 3.63) is 36.1 Å². The lowest BCUT2D eigenvalue weighted by Crippen LogP contribution is -2.15. The molecule has 0 bridgehead atoms. The van der Waals surface area contributed by atoms with Crippen molar-refractivity contribution in [1.29, 1.82) is 0 Å². The Morgan fingerprint density at radius 3 is 2.72 bits per heavy atom. The van der Waals surface area contributed by atoms with E-state index < -0.39 is 0 Å². The van der Waals surface area contributed by atoms with Crippen LogP contribution in [0.5, 0.6) is 11.5 Å². The van der Waals surface area contributed by atoms with Gasteiger partial charge < -0.3 is 19.2 Å². The van der Waals surface area contributed by atoms with Crippen molar-refractivity contribution in [1.82, 2.24) is 5.32 Å². The number of hydrogen-bond acceptors (Lipinski definition) is 4. The average Bonchev–Trinajstić information content (AvgIpc) is 2.87. The second kappa shape index (κ2) is 4.74. The molecule has 0 aliphatic carbocycles. The first-order valence-corrected chi connectivity index (χ1v) is 6.00.